The molecule has 0 saturated carbocycles. The Bertz CT molecular complexity index is 448. The number of hydrogen-bond donors (Lipinski definition) is 3. The molecule has 0 saturated heterocycles. The lowest BCUT2D eigenvalue weighted by Crippen LogP contribution is -2.42. The van der Waals surface area contributed by atoms with Crippen molar-refractivity contribution in [2.24, 2.45) is 5.73 Å². The molecule has 0 bridgehead atoms. The van der Waals surface area contributed by atoms with Crippen molar-refractivity contribution in [2.45, 2.75) is 24.9 Å². The fraction of sp³-hybridized carbons (Fsp3) is 0.462. The van der Waals surface area contributed by atoms with Crippen LogP contribution in [0.5, 0.6) is 5.75 Å². The van der Waals surface area contributed by atoms with Crippen LogP contribution < -0.4 is 15.8 Å². The molecule has 4 N–H and O–H groups in total. The fourth-order valence-corrected chi connectivity index (χ4v) is 2.27. The number of nitrogens with one attached hydrogen (secondary N) is 1. The van der Waals surface area contributed by atoms with Crippen LogP contribution in [0.25, 0.3) is 0 Å². The normalized spacial score (nSPS) is 17.4. The predicted molar refractivity (Wildman–Crippen MR) is 67.7 cm³/mol. The maximum atomic E-state index is 11.0. The molecule has 0 aromatic heterocycles. The van der Waals surface area contributed by atoms with E-state index in [1.807, 2.05) is 18.2 Å². The van der Waals surface area contributed by atoms with E-state index in [2.05, 4.69) is 5.32 Å². The third-order valence-electron chi connectivity index (χ3n) is 3.25. The average molecular weight is 250 g/mol. The number of benzene rings is 1. The summed E-state index contributed by atoms with van der Waals surface area (Å²) in [5.74, 6) is -0.118. The molecule has 0 spiro atoms. The maximum absolute atomic E-state index is 11.0. The summed E-state index contributed by atoms with van der Waals surface area (Å²) in [6.45, 7) is 0.746. The second-order valence-electron chi connectivity index (χ2n) is 4.45. The summed E-state index contributed by atoms with van der Waals surface area (Å²) >= 11 is 0. The van der Waals surface area contributed by atoms with Crippen LogP contribution in [0.2, 0.25) is 0 Å². The Kier molecular flexibility index (Phi) is 3.84. The quantitative estimate of drug-likeness (QED) is 0.732. The lowest BCUT2D eigenvalue weighted by molar-refractivity contribution is -0.139. The minimum Gasteiger partial charge on any atom is -0.493 e. The summed E-state index contributed by atoms with van der Waals surface area (Å²) in [6, 6.07) is 4.39. The summed E-state index contributed by atoms with van der Waals surface area (Å²) in [7, 11) is 1.71. The summed E-state index contributed by atoms with van der Waals surface area (Å²) in [6.07, 6.45) is 1.95. The lowest BCUT2D eigenvalue weighted by Gasteiger charge is -2.23. The van der Waals surface area contributed by atoms with Crippen molar-refractivity contribution in [3.63, 3.8) is 0 Å². The third kappa shape index (κ3) is 2.47. The van der Waals surface area contributed by atoms with Crippen molar-refractivity contribution in [1.82, 2.24) is 5.32 Å². The predicted octanol–water partition coefficient (Wildman–Crippen LogP) is 0.684. The van der Waals surface area contributed by atoms with E-state index in [1.165, 1.54) is 0 Å². The molecule has 0 fully saturated rings. The second kappa shape index (κ2) is 5.37. The van der Waals surface area contributed by atoms with Crippen molar-refractivity contribution in [1.29, 1.82) is 0 Å². The van der Waals surface area contributed by atoms with E-state index in [-0.39, 0.29) is 0 Å². The van der Waals surface area contributed by atoms with Crippen LogP contribution in [-0.4, -0.2) is 30.8 Å². The molecule has 0 amide bonds. The standard InChI is InChI=1S/C13H18N2O3/c1-15-12(11(14)13(16)17)9-4-5-10-8(7-9)3-2-6-18-10/h4-5,7,11-12,15H,2-3,6,14H2,1H3,(H,16,17). The summed E-state index contributed by atoms with van der Waals surface area (Å²) in [5.41, 5.74) is 7.69. The van der Waals surface area contributed by atoms with E-state index in [0.717, 1.165) is 36.3 Å². The Morgan fingerprint density at radius 3 is 3.00 bits per heavy atom. The lowest BCUT2D eigenvalue weighted by atomic mass is 9.95. The molecule has 2 rings (SSSR count). The Hall–Kier alpha value is -1.59. The van der Waals surface area contributed by atoms with Crippen molar-refractivity contribution in [3.8, 4) is 5.75 Å². The zero-order chi connectivity index (χ0) is 13.1. The molecule has 1 aliphatic rings. The second-order valence-corrected chi connectivity index (χ2v) is 4.45. The van der Waals surface area contributed by atoms with E-state index < -0.39 is 18.1 Å². The van der Waals surface area contributed by atoms with Gasteiger partial charge in [0, 0.05) is 0 Å². The van der Waals surface area contributed by atoms with Crippen molar-refractivity contribution in [2.75, 3.05) is 13.7 Å². The first-order valence-electron chi connectivity index (χ1n) is 6.04. The fourth-order valence-electron chi connectivity index (χ4n) is 2.27. The third-order valence-corrected chi connectivity index (χ3v) is 3.25. The molecule has 2 atom stereocenters. The average Bonchev–Trinajstić information content (AvgIpc) is 2.39. The Balaban J connectivity index is 2.28. The number of carboxylic acids is 1. The van der Waals surface area contributed by atoms with Crippen LogP contribution in [0.1, 0.15) is 23.6 Å². The van der Waals surface area contributed by atoms with Gasteiger partial charge in [-0.3, -0.25) is 4.79 Å². The highest BCUT2D eigenvalue weighted by molar-refractivity contribution is 5.74. The molecule has 1 heterocycles. The molecule has 0 radical (unpaired) electrons. The molecular formula is C13H18N2O3. The van der Waals surface area contributed by atoms with Crippen LogP contribution in [0.15, 0.2) is 18.2 Å². The van der Waals surface area contributed by atoms with Gasteiger partial charge in [0.1, 0.15) is 11.8 Å². The van der Waals surface area contributed by atoms with E-state index in [0.29, 0.717) is 0 Å². The van der Waals surface area contributed by atoms with Gasteiger partial charge < -0.3 is 20.9 Å². The summed E-state index contributed by atoms with van der Waals surface area (Å²) in [5, 5.41) is 12.0. The van der Waals surface area contributed by atoms with Gasteiger partial charge in [-0.05, 0) is 37.1 Å². The van der Waals surface area contributed by atoms with E-state index in [1.54, 1.807) is 7.05 Å². The van der Waals surface area contributed by atoms with E-state index >= 15 is 0 Å². The molecule has 2 unspecified atom stereocenters. The van der Waals surface area contributed by atoms with Gasteiger partial charge in [-0.25, -0.2) is 0 Å². The molecule has 5 heteroatoms. The highest BCUT2D eigenvalue weighted by atomic mass is 16.5. The smallest absolute Gasteiger partial charge is 0.322 e. The minimum atomic E-state index is -1.01. The molecule has 0 aliphatic carbocycles. The van der Waals surface area contributed by atoms with Crippen LogP contribution in [-0.2, 0) is 11.2 Å². The molecule has 1 aliphatic heterocycles. The van der Waals surface area contributed by atoms with Crippen molar-refractivity contribution < 1.29 is 14.6 Å². The number of aryl methyl sites for hydroxylation is 1. The minimum absolute atomic E-state index is 0.394. The first-order valence-corrected chi connectivity index (χ1v) is 6.04. The van der Waals surface area contributed by atoms with E-state index in [9.17, 15) is 4.79 Å². The van der Waals surface area contributed by atoms with Crippen molar-refractivity contribution in [3.05, 3.63) is 29.3 Å². The van der Waals surface area contributed by atoms with Gasteiger partial charge in [0.2, 0.25) is 0 Å². The van der Waals surface area contributed by atoms with Gasteiger partial charge in [0.05, 0.1) is 12.6 Å². The van der Waals surface area contributed by atoms with Gasteiger partial charge in [0.25, 0.3) is 0 Å². The number of rotatable bonds is 4. The number of ether oxygens (including phenoxy) is 1. The highest BCUT2D eigenvalue weighted by Crippen LogP contribution is 2.28. The first-order chi connectivity index (χ1) is 8.63. The van der Waals surface area contributed by atoms with Crippen LogP contribution in [0, 0.1) is 0 Å². The number of aliphatic carboxylic acids is 1. The van der Waals surface area contributed by atoms with Gasteiger partial charge in [-0.1, -0.05) is 12.1 Å². The monoisotopic (exact) mass is 250 g/mol. The zero-order valence-corrected chi connectivity index (χ0v) is 10.3. The zero-order valence-electron chi connectivity index (χ0n) is 10.3. The first kappa shape index (κ1) is 12.9. The molecular weight excluding hydrogens is 232 g/mol. The molecule has 1 aromatic rings. The number of nitrogens with two attached hydrogens (primary N) is 1. The highest BCUT2D eigenvalue weighted by Gasteiger charge is 2.25. The number of hydrogen-bond acceptors (Lipinski definition) is 4. The summed E-state index contributed by atoms with van der Waals surface area (Å²) < 4.78 is 5.53. The Labute approximate surface area is 106 Å². The topological polar surface area (TPSA) is 84.6 Å². The van der Waals surface area contributed by atoms with Crippen molar-refractivity contribution >= 4 is 5.97 Å². The Morgan fingerprint density at radius 1 is 1.56 bits per heavy atom. The molecule has 18 heavy (non-hydrogen) atoms. The SMILES string of the molecule is CNC(c1ccc2c(c1)CCCO2)C(N)C(=O)O. The molecule has 5 nitrogen and oxygen atoms in total. The van der Waals surface area contributed by atoms with Gasteiger partial charge in [-0.15, -0.1) is 0 Å². The number of carboxylic acid groups (broad SMARTS) is 1. The van der Waals surface area contributed by atoms with Gasteiger partial charge in [-0.2, -0.15) is 0 Å². The number of fused-ring (bicyclic) bond motifs is 1. The number of carbonyl (C=O) groups is 1. The number of likely N-dealkylation sites (N-methyl/N-ethyl adjacent to an activating group) is 1. The van der Waals surface area contributed by atoms with Crippen LogP contribution >= 0.6 is 0 Å². The van der Waals surface area contributed by atoms with Crippen LogP contribution in [0.4, 0.5) is 0 Å². The Morgan fingerprint density at radius 2 is 2.33 bits per heavy atom. The summed E-state index contributed by atoms with van der Waals surface area (Å²) in [4.78, 5) is 11.0. The largest absolute Gasteiger partial charge is 0.493 e. The van der Waals surface area contributed by atoms with Crippen LogP contribution in [0.3, 0.4) is 0 Å². The van der Waals surface area contributed by atoms with E-state index in [4.69, 9.17) is 15.6 Å². The molecule has 98 valence electrons. The van der Waals surface area contributed by atoms with Gasteiger partial charge >= 0.3 is 5.97 Å². The van der Waals surface area contributed by atoms with Gasteiger partial charge in [0.15, 0.2) is 0 Å². The molecule has 1 aromatic carbocycles. The maximum Gasteiger partial charge on any atom is 0.322 e.